The molecular weight excluding hydrogens is 428 g/mol. The molecule has 2 aliphatic rings. The van der Waals surface area contributed by atoms with E-state index in [-0.39, 0.29) is 12.5 Å². The van der Waals surface area contributed by atoms with E-state index in [4.69, 9.17) is 10.5 Å². The number of aldehydes is 1. The summed E-state index contributed by atoms with van der Waals surface area (Å²) in [5.74, 6) is 0.270. The van der Waals surface area contributed by atoms with Crippen LogP contribution < -0.4 is 16.0 Å². The van der Waals surface area contributed by atoms with Crippen molar-refractivity contribution in [3.8, 4) is 0 Å². The second-order valence-electron chi connectivity index (χ2n) is 9.66. The van der Waals surface area contributed by atoms with Gasteiger partial charge < -0.3 is 25.6 Å². The Morgan fingerprint density at radius 3 is 2.50 bits per heavy atom. The van der Waals surface area contributed by atoms with Gasteiger partial charge in [0, 0.05) is 73.9 Å². The first-order valence-electron chi connectivity index (χ1n) is 12.3. The number of amides is 1. The predicted molar refractivity (Wildman–Crippen MR) is 137 cm³/mol. The summed E-state index contributed by atoms with van der Waals surface area (Å²) in [5, 5.41) is 2.97. The van der Waals surface area contributed by atoms with Gasteiger partial charge >= 0.3 is 0 Å². The largest absolute Gasteiger partial charge is 0.402 e. The average molecular weight is 469 g/mol. The fraction of sp³-hybridized carbons (Fsp3) is 0.556. The first-order chi connectivity index (χ1) is 16.2. The van der Waals surface area contributed by atoms with Crippen LogP contribution >= 0.6 is 0 Å². The van der Waals surface area contributed by atoms with Crippen molar-refractivity contribution in [1.29, 1.82) is 0 Å². The van der Waals surface area contributed by atoms with Crippen LogP contribution in [-0.2, 0) is 9.53 Å². The molecule has 0 unspecified atom stereocenters. The summed E-state index contributed by atoms with van der Waals surface area (Å²) in [5.41, 5.74) is 11.7. The summed E-state index contributed by atoms with van der Waals surface area (Å²) in [4.78, 5) is 29.7. The normalized spacial score (nSPS) is 18.8. The van der Waals surface area contributed by atoms with Crippen molar-refractivity contribution >= 4 is 17.9 Å². The number of likely N-dealkylation sites (N-methyl/N-ethyl adjacent to an activating group) is 1. The summed E-state index contributed by atoms with van der Waals surface area (Å²) >= 11 is 0. The highest BCUT2D eigenvalue weighted by molar-refractivity contribution is 5.98. The summed E-state index contributed by atoms with van der Waals surface area (Å²) in [6.45, 7) is 12.4. The predicted octanol–water partition coefficient (Wildman–Crippen LogP) is 3.14. The zero-order valence-electron chi connectivity index (χ0n) is 21.3. The maximum Gasteiger partial charge on any atom is 0.251 e. The molecule has 2 aliphatic heterocycles. The summed E-state index contributed by atoms with van der Waals surface area (Å²) in [6, 6.07) is 4.75. The van der Waals surface area contributed by atoms with E-state index in [9.17, 15) is 9.59 Å². The smallest absolute Gasteiger partial charge is 0.251 e. The van der Waals surface area contributed by atoms with Gasteiger partial charge in [0.1, 0.15) is 6.29 Å². The minimum Gasteiger partial charge on any atom is -0.402 e. The Kier molecular flexibility index (Phi) is 8.91. The number of nitrogens with two attached hydrogens (primary N) is 1. The number of benzene rings is 1. The molecule has 3 N–H and O–H groups in total. The summed E-state index contributed by atoms with van der Waals surface area (Å²) < 4.78 is 5.59. The van der Waals surface area contributed by atoms with E-state index < -0.39 is 0 Å². The molecule has 186 valence electrons. The molecule has 1 aromatic carbocycles. The molecule has 0 bridgehead atoms. The fourth-order valence-corrected chi connectivity index (χ4v) is 5.00. The van der Waals surface area contributed by atoms with Crippen molar-refractivity contribution in [2.24, 2.45) is 5.73 Å². The third-order valence-electron chi connectivity index (χ3n) is 7.00. The fourth-order valence-electron chi connectivity index (χ4n) is 5.00. The van der Waals surface area contributed by atoms with Gasteiger partial charge in [0.25, 0.3) is 5.91 Å². The maximum absolute atomic E-state index is 13.4. The van der Waals surface area contributed by atoms with Crippen LogP contribution in [0.15, 0.2) is 35.1 Å². The highest BCUT2D eigenvalue weighted by Gasteiger charge is 2.29. The molecule has 1 aromatic rings. The van der Waals surface area contributed by atoms with Crippen molar-refractivity contribution in [1.82, 2.24) is 10.2 Å². The van der Waals surface area contributed by atoms with Crippen LogP contribution in [0.2, 0.25) is 0 Å². The minimum absolute atomic E-state index is 0.156. The van der Waals surface area contributed by atoms with Gasteiger partial charge in [-0.05, 0) is 82.5 Å². The number of hydrogen-bond donors (Lipinski definition) is 2. The van der Waals surface area contributed by atoms with Gasteiger partial charge in [-0.2, -0.15) is 0 Å². The monoisotopic (exact) mass is 468 g/mol. The molecule has 2 fully saturated rings. The number of carbonyl (C=O) groups excluding carboxylic acids is 2. The van der Waals surface area contributed by atoms with E-state index in [1.807, 2.05) is 19.9 Å². The Balaban J connectivity index is 1.93. The van der Waals surface area contributed by atoms with E-state index in [2.05, 4.69) is 35.2 Å². The molecular formula is C27H40N4O3. The molecule has 0 aliphatic carbocycles. The van der Waals surface area contributed by atoms with Crippen LogP contribution in [-0.4, -0.2) is 69.6 Å². The lowest BCUT2D eigenvalue weighted by atomic mass is 9.88. The van der Waals surface area contributed by atoms with Crippen LogP contribution in [0.5, 0.6) is 0 Å². The third kappa shape index (κ3) is 6.07. The quantitative estimate of drug-likeness (QED) is 0.329. The van der Waals surface area contributed by atoms with E-state index >= 15 is 0 Å². The van der Waals surface area contributed by atoms with E-state index in [0.29, 0.717) is 28.8 Å². The first-order valence-corrected chi connectivity index (χ1v) is 12.3. The molecule has 2 heterocycles. The summed E-state index contributed by atoms with van der Waals surface area (Å²) in [7, 11) is 2.12. The van der Waals surface area contributed by atoms with Gasteiger partial charge in [-0.15, -0.1) is 0 Å². The van der Waals surface area contributed by atoms with Crippen LogP contribution in [0.1, 0.15) is 61.0 Å². The Morgan fingerprint density at radius 1 is 1.26 bits per heavy atom. The number of hydrogen-bond acceptors (Lipinski definition) is 6. The van der Waals surface area contributed by atoms with E-state index in [0.717, 1.165) is 68.8 Å². The first kappa shape index (κ1) is 26.0. The van der Waals surface area contributed by atoms with Crippen molar-refractivity contribution in [2.45, 2.75) is 52.5 Å². The number of anilines is 1. The number of nitrogens with one attached hydrogen (secondary N) is 1. The lowest BCUT2D eigenvalue weighted by molar-refractivity contribution is -0.105. The Labute approximate surface area is 204 Å². The van der Waals surface area contributed by atoms with E-state index in [1.54, 1.807) is 13.0 Å². The number of carbonyl (C=O) groups is 2. The number of ether oxygens (including phenoxy) is 1. The van der Waals surface area contributed by atoms with Gasteiger partial charge in [0.2, 0.25) is 0 Å². The Hall–Kier alpha value is -2.64. The lowest BCUT2D eigenvalue weighted by Crippen LogP contribution is -2.43. The minimum atomic E-state index is -0.156. The van der Waals surface area contributed by atoms with Crippen molar-refractivity contribution in [2.75, 3.05) is 51.3 Å². The zero-order chi connectivity index (χ0) is 24.8. The molecule has 1 amide bonds. The lowest BCUT2D eigenvalue weighted by Gasteiger charge is -2.39. The molecule has 0 spiro atoms. The van der Waals surface area contributed by atoms with Crippen LogP contribution in [0.3, 0.4) is 0 Å². The number of rotatable bonds is 9. The van der Waals surface area contributed by atoms with Crippen molar-refractivity contribution in [3.05, 3.63) is 51.7 Å². The van der Waals surface area contributed by atoms with Crippen LogP contribution in [0.25, 0.3) is 0 Å². The second kappa shape index (κ2) is 11.7. The zero-order valence-corrected chi connectivity index (χ0v) is 21.3. The molecule has 34 heavy (non-hydrogen) atoms. The van der Waals surface area contributed by atoms with Crippen LogP contribution in [0, 0.1) is 6.92 Å². The molecule has 2 saturated heterocycles. The standard InChI is InChI=1S/C27H40N4O3/c1-6-31(24-7-9-34-10-8-24)26-13-21(23-15-30(5)16-23)12-25(20(26)4)27(33)29-14-22(17-32)18(2)11-19(3)28/h11-13,17,23-24H,6-10,14-16,28H2,1-5H3,(H,29,33)/b19-11-,22-18-. The molecule has 7 nitrogen and oxygen atoms in total. The number of likely N-dealkylation sites (tertiary alicyclic amines) is 1. The number of allylic oxidation sites excluding steroid dienone is 3. The second-order valence-corrected chi connectivity index (χ2v) is 9.66. The molecule has 0 saturated carbocycles. The average Bonchev–Trinajstić information content (AvgIpc) is 2.79. The topological polar surface area (TPSA) is 87.9 Å². The number of nitrogens with zero attached hydrogens (tertiary/aromatic N) is 2. The summed E-state index contributed by atoms with van der Waals surface area (Å²) in [6.07, 6.45) is 4.52. The molecule has 0 atom stereocenters. The molecule has 3 rings (SSSR count). The molecule has 7 heteroatoms. The van der Waals surface area contributed by atoms with Crippen molar-refractivity contribution in [3.63, 3.8) is 0 Å². The van der Waals surface area contributed by atoms with Gasteiger partial charge in [-0.1, -0.05) is 0 Å². The highest BCUT2D eigenvalue weighted by atomic mass is 16.5. The SMILES string of the molecule is CCN(c1cc(C2CN(C)C2)cc(C(=O)NC/C(C=O)=C(C)/C=C(/C)N)c1C)C1CCOCC1. The van der Waals surface area contributed by atoms with Gasteiger partial charge in [-0.3, -0.25) is 9.59 Å². The molecule has 0 radical (unpaired) electrons. The van der Waals surface area contributed by atoms with E-state index in [1.165, 1.54) is 5.56 Å². The highest BCUT2D eigenvalue weighted by Crippen LogP contribution is 2.35. The van der Waals surface area contributed by atoms with Crippen molar-refractivity contribution < 1.29 is 14.3 Å². The maximum atomic E-state index is 13.4. The van der Waals surface area contributed by atoms with Gasteiger partial charge in [-0.25, -0.2) is 0 Å². The van der Waals surface area contributed by atoms with Crippen LogP contribution in [0.4, 0.5) is 5.69 Å². The van der Waals surface area contributed by atoms with Gasteiger partial charge in [0.05, 0.1) is 0 Å². The third-order valence-corrected chi connectivity index (χ3v) is 7.00. The van der Waals surface area contributed by atoms with Gasteiger partial charge in [0.15, 0.2) is 0 Å². The Morgan fingerprint density at radius 2 is 1.94 bits per heavy atom. The Bertz CT molecular complexity index is 953. The molecule has 0 aromatic heterocycles.